The zero-order chi connectivity index (χ0) is 19.6. The van der Waals surface area contributed by atoms with Crippen LogP contribution in [0.3, 0.4) is 0 Å². The van der Waals surface area contributed by atoms with Gasteiger partial charge in [-0.25, -0.2) is 19.9 Å². The summed E-state index contributed by atoms with van der Waals surface area (Å²) in [5.41, 5.74) is 3.20. The fraction of sp³-hybridized carbons (Fsp3) is 0.300. The molecule has 0 saturated carbocycles. The van der Waals surface area contributed by atoms with Crippen LogP contribution in [0.15, 0.2) is 43.0 Å². The maximum Gasteiger partial charge on any atom is 0.433 e. The highest BCUT2D eigenvalue weighted by molar-refractivity contribution is 5.85. The van der Waals surface area contributed by atoms with E-state index in [0.29, 0.717) is 5.88 Å². The second kappa shape index (κ2) is 8.73. The van der Waals surface area contributed by atoms with Gasteiger partial charge in [-0.3, -0.25) is 0 Å². The maximum atomic E-state index is 12.8. The Labute approximate surface area is 171 Å². The lowest BCUT2D eigenvalue weighted by Gasteiger charge is -2.20. The molecule has 9 heteroatoms. The first kappa shape index (κ1) is 21.0. The third kappa shape index (κ3) is 4.82. The lowest BCUT2D eigenvalue weighted by atomic mass is 9.90. The highest BCUT2D eigenvalue weighted by atomic mass is 35.5. The number of halogens is 4. The molecule has 0 unspecified atom stereocenters. The zero-order valence-corrected chi connectivity index (χ0v) is 16.1. The van der Waals surface area contributed by atoms with Crippen molar-refractivity contribution in [3.63, 3.8) is 0 Å². The van der Waals surface area contributed by atoms with Gasteiger partial charge in [0.25, 0.3) is 0 Å². The molecule has 0 atom stereocenters. The summed E-state index contributed by atoms with van der Waals surface area (Å²) in [4.78, 5) is 16.4. The molecule has 0 spiro atoms. The Bertz CT molecular complexity index is 983. The minimum atomic E-state index is -4.49. The highest BCUT2D eigenvalue weighted by Crippen LogP contribution is 2.33. The van der Waals surface area contributed by atoms with Crippen LogP contribution in [0.4, 0.5) is 13.2 Å². The van der Waals surface area contributed by atoms with Gasteiger partial charge in [0.15, 0.2) is 0 Å². The van der Waals surface area contributed by atoms with Gasteiger partial charge in [-0.1, -0.05) is 6.07 Å². The van der Waals surface area contributed by atoms with Crippen LogP contribution < -0.4 is 4.74 Å². The average Bonchev–Trinajstić information content (AvgIpc) is 2.72. The van der Waals surface area contributed by atoms with Crippen molar-refractivity contribution in [2.45, 2.75) is 38.5 Å². The van der Waals surface area contributed by atoms with Crippen molar-refractivity contribution in [3.05, 3.63) is 65.6 Å². The molecule has 0 radical (unpaired) electrons. The number of nitrogens with zero attached hydrogens (tertiary/aromatic N) is 4. The van der Waals surface area contributed by atoms with E-state index < -0.39 is 11.9 Å². The third-order valence-corrected chi connectivity index (χ3v) is 4.61. The summed E-state index contributed by atoms with van der Waals surface area (Å²) < 4.78 is 44.2. The van der Waals surface area contributed by atoms with E-state index in [0.717, 1.165) is 54.1 Å². The van der Waals surface area contributed by atoms with E-state index in [4.69, 9.17) is 4.74 Å². The van der Waals surface area contributed by atoms with Gasteiger partial charge in [0, 0.05) is 29.7 Å². The van der Waals surface area contributed by atoms with E-state index in [1.807, 2.05) is 0 Å². The molecular weight excluding hydrogens is 405 g/mol. The van der Waals surface area contributed by atoms with Crippen molar-refractivity contribution in [2.24, 2.45) is 0 Å². The molecule has 4 rings (SSSR count). The van der Waals surface area contributed by atoms with Gasteiger partial charge in [-0.2, -0.15) is 13.2 Å². The SMILES string of the molecule is Cl.FC(F)(F)c1cccc(COc2cc(-c3cncnc3)c3c(n2)CCCC3)n1. The molecule has 0 aliphatic heterocycles. The van der Waals surface area contributed by atoms with Crippen molar-refractivity contribution in [2.75, 3.05) is 0 Å². The standard InChI is InChI=1S/C20H17F3N4O.ClH/c21-20(22,23)18-7-3-4-14(26-18)11-28-19-8-16(13-9-24-12-25-10-13)15-5-1-2-6-17(15)27-19;/h3-4,7-10,12H,1-2,5-6,11H2;1H. The third-order valence-electron chi connectivity index (χ3n) is 4.61. The molecule has 3 aromatic rings. The summed E-state index contributed by atoms with van der Waals surface area (Å²) in [6, 6.07) is 5.56. The van der Waals surface area contributed by atoms with E-state index >= 15 is 0 Å². The van der Waals surface area contributed by atoms with Gasteiger partial charge < -0.3 is 4.74 Å². The molecule has 1 aliphatic rings. The molecule has 0 amide bonds. The van der Waals surface area contributed by atoms with Crippen LogP contribution in [-0.2, 0) is 25.6 Å². The number of aryl methyl sites for hydroxylation is 1. The fourth-order valence-corrected chi connectivity index (χ4v) is 3.31. The summed E-state index contributed by atoms with van der Waals surface area (Å²) in [6.07, 6.45) is 4.34. The number of pyridine rings is 2. The number of aromatic nitrogens is 4. The number of ether oxygens (including phenoxy) is 1. The smallest absolute Gasteiger partial charge is 0.433 e. The summed E-state index contributed by atoms with van der Waals surface area (Å²) in [5, 5.41) is 0. The summed E-state index contributed by atoms with van der Waals surface area (Å²) in [7, 11) is 0. The van der Waals surface area contributed by atoms with Gasteiger partial charge in [0.1, 0.15) is 18.6 Å². The molecular formula is C20H18ClF3N4O. The lowest BCUT2D eigenvalue weighted by Crippen LogP contribution is -2.11. The van der Waals surface area contributed by atoms with E-state index in [1.54, 1.807) is 18.5 Å². The molecule has 29 heavy (non-hydrogen) atoms. The normalized spacial score (nSPS) is 13.3. The summed E-state index contributed by atoms with van der Waals surface area (Å²) >= 11 is 0. The second-order valence-corrected chi connectivity index (χ2v) is 6.57. The molecule has 0 bridgehead atoms. The van der Waals surface area contributed by atoms with Gasteiger partial charge in [-0.05, 0) is 48.9 Å². The number of fused-ring (bicyclic) bond motifs is 1. The van der Waals surface area contributed by atoms with Crippen LogP contribution in [0.25, 0.3) is 11.1 Å². The van der Waals surface area contributed by atoms with E-state index in [-0.39, 0.29) is 24.7 Å². The number of hydrogen-bond donors (Lipinski definition) is 0. The average molecular weight is 423 g/mol. The van der Waals surface area contributed by atoms with Crippen molar-refractivity contribution in [1.29, 1.82) is 0 Å². The lowest BCUT2D eigenvalue weighted by molar-refractivity contribution is -0.141. The van der Waals surface area contributed by atoms with E-state index in [2.05, 4.69) is 19.9 Å². The molecule has 5 nitrogen and oxygen atoms in total. The minimum Gasteiger partial charge on any atom is -0.471 e. The topological polar surface area (TPSA) is 60.8 Å². The van der Waals surface area contributed by atoms with Crippen LogP contribution in [-0.4, -0.2) is 19.9 Å². The predicted octanol–water partition coefficient (Wildman–Crippen LogP) is 4.83. The molecule has 0 fully saturated rings. The maximum absolute atomic E-state index is 12.8. The number of hydrogen-bond acceptors (Lipinski definition) is 5. The summed E-state index contributed by atoms with van der Waals surface area (Å²) in [5.74, 6) is 0.360. The quantitative estimate of drug-likeness (QED) is 0.602. The zero-order valence-electron chi connectivity index (χ0n) is 15.3. The molecule has 1 aliphatic carbocycles. The van der Waals surface area contributed by atoms with Crippen LogP contribution in [0, 0.1) is 0 Å². The Morgan fingerprint density at radius 2 is 1.76 bits per heavy atom. The Kier molecular flexibility index (Phi) is 6.32. The molecule has 0 aromatic carbocycles. The summed E-state index contributed by atoms with van der Waals surface area (Å²) in [6.45, 7) is -0.0968. The Hall–Kier alpha value is -2.74. The van der Waals surface area contributed by atoms with Gasteiger partial charge in [-0.15, -0.1) is 12.4 Å². The van der Waals surface area contributed by atoms with E-state index in [1.165, 1.54) is 18.5 Å². The van der Waals surface area contributed by atoms with Crippen LogP contribution >= 0.6 is 12.4 Å². The molecule has 0 saturated heterocycles. The van der Waals surface area contributed by atoms with Gasteiger partial charge in [0.05, 0.1) is 5.69 Å². The van der Waals surface area contributed by atoms with E-state index in [9.17, 15) is 13.2 Å². The van der Waals surface area contributed by atoms with Gasteiger partial charge >= 0.3 is 6.18 Å². The monoisotopic (exact) mass is 422 g/mol. The van der Waals surface area contributed by atoms with Crippen molar-refractivity contribution in [3.8, 4) is 17.0 Å². The van der Waals surface area contributed by atoms with Crippen LogP contribution in [0.1, 0.15) is 35.5 Å². The second-order valence-electron chi connectivity index (χ2n) is 6.57. The Morgan fingerprint density at radius 3 is 2.52 bits per heavy atom. The van der Waals surface area contributed by atoms with Gasteiger partial charge in [0.2, 0.25) is 5.88 Å². The number of rotatable bonds is 4. The van der Waals surface area contributed by atoms with Crippen molar-refractivity contribution >= 4 is 12.4 Å². The Balaban J connectivity index is 0.00000240. The van der Waals surface area contributed by atoms with Crippen LogP contribution in [0.5, 0.6) is 5.88 Å². The molecule has 0 N–H and O–H groups in total. The predicted molar refractivity (Wildman–Crippen MR) is 103 cm³/mol. The highest BCUT2D eigenvalue weighted by Gasteiger charge is 2.32. The molecule has 152 valence electrons. The fourth-order valence-electron chi connectivity index (χ4n) is 3.31. The first-order chi connectivity index (χ1) is 13.5. The largest absolute Gasteiger partial charge is 0.471 e. The van der Waals surface area contributed by atoms with Crippen molar-refractivity contribution in [1.82, 2.24) is 19.9 Å². The number of alkyl halides is 3. The van der Waals surface area contributed by atoms with Crippen molar-refractivity contribution < 1.29 is 17.9 Å². The minimum absolute atomic E-state index is 0. The Morgan fingerprint density at radius 1 is 1.00 bits per heavy atom. The van der Waals surface area contributed by atoms with Crippen LogP contribution in [0.2, 0.25) is 0 Å². The first-order valence-corrected chi connectivity index (χ1v) is 8.95. The molecule has 3 aromatic heterocycles. The molecule has 3 heterocycles. The first-order valence-electron chi connectivity index (χ1n) is 8.95.